The van der Waals surface area contributed by atoms with Crippen LogP contribution in [0.2, 0.25) is 0 Å². The molecule has 5 rings (SSSR count). The van der Waals surface area contributed by atoms with E-state index in [-0.39, 0.29) is 12.2 Å². The molecule has 0 bridgehead atoms. The highest BCUT2D eigenvalue weighted by atomic mass is 32.1. The minimum Gasteiger partial charge on any atom is -0.440 e. The maximum atomic E-state index is 13.5. The second-order valence-corrected chi connectivity index (χ2v) is 11.0. The molecule has 1 aromatic carbocycles. The van der Waals surface area contributed by atoms with Crippen molar-refractivity contribution >= 4 is 39.3 Å². The van der Waals surface area contributed by atoms with Crippen LogP contribution < -0.4 is 5.32 Å². The summed E-state index contributed by atoms with van der Waals surface area (Å²) in [4.78, 5) is 33.0. The Morgan fingerprint density at radius 3 is 2.77 bits per heavy atom. The van der Waals surface area contributed by atoms with Gasteiger partial charge in [0.15, 0.2) is 0 Å². The zero-order valence-electron chi connectivity index (χ0n) is 20.7. The van der Waals surface area contributed by atoms with Crippen molar-refractivity contribution in [1.29, 1.82) is 0 Å². The molecule has 0 radical (unpaired) electrons. The number of rotatable bonds is 5. The van der Waals surface area contributed by atoms with Gasteiger partial charge in [0.2, 0.25) is 0 Å². The molecular weight excluding hydrogens is 460 g/mol. The molecule has 3 aromatic rings. The molecule has 0 saturated carbocycles. The van der Waals surface area contributed by atoms with Crippen LogP contribution >= 0.6 is 11.3 Å². The second-order valence-electron chi connectivity index (χ2n) is 9.74. The fourth-order valence-corrected chi connectivity index (χ4v) is 5.58. The number of anilines is 1. The van der Waals surface area contributed by atoms with Crippen LogP contribution in [-0.4, -0.2) is 71.0 Å². The van der Waals surface area contributed by atoms with Crippen LogP contribution in [0.25, 0.3) is 10.2 Å². The predicted molar refractivity (Wildman–Crippen MR) is 140 cm³/mol. The Bertz CT molecular complexity index is 1330. The monoisotopic (exact) mass is 490 g/mol. The van der Waals surface area contributed by atoms with Gasteiger partial charge in [-0.15, -0.1) is 11.3 Å². The second kappa shape index (κ2) is 9.05. The van der Waals surface area contributed by atoms with Gasteiger partial charge in [0.25, 0.3) is 0 Å². The van der Waals surface area contributed by atoms with E-state index in [2.05, 4.69) is 42.1 Å². The maximum Gasteiger partial charge on any atom is 0.411 e. The average molecular weight is 491 g/mol. The van der Waals surface area contributed by atoms with Gasteiger partial charge in [-0.25, -0.2) is 14.8 Å². The van der Waals surface area contributed by atoms with E-state index in [1.165, 1.54) is 4.88 Å². The lowest BCUT2D eigenvalue weighted by Crippen LogP contribution is -2.47. The molecule has 2 aliphatic rings. The van der Waals surface area contributed by atoms with E-state index in [0.717, 1.165) is 38.6 Å². The van der Waals surface area contributed by atoms with Gasteiger partial charge in [0, 0.05) is 17.0 Å². The minimum absolute atomic E-state index is 0.322. The van der Waals surface area contributed by atoms with E-state index in [1.807, 2.05) is 54.2 Å². The molecule has 182 valence electrons. The van der Waals surface area contributed by atoms with Gasteiger partial charge in [-0.05, 0) is 52.1 Å². The number of ether oxygens (including phenoxy) is 1. The molecule has 8 nitrogen and oxygen atoms in total. The topological polar surface area (TPSA) is 83.0 Å². The normalized spacial score (nSPS) is 17.7. The highest BCUT2D eigenvalue weighted by molar-refractivity contribution is 7.18. The molecule has 0 unspecified atom stereocenters. The van der Waals surface area contributed by atoms with Gasteiger partial charge < -0.3 is 15.0 Å². The van der Waals surface area contributed by atoms with Crippen LogP contribution in [0, 0.1) is 6.92 Å². The molecule has 0 fully saturated rings. The Morgan fingerprint density at radius 1 is 1.26 bits per heavy atom. The molecule has 2 aromatic heterocycles. The largest absolute Gasteiger partial charge is 0.440 e. The summed E-state index contributed by atoms with van der Waals surface area (Å²) in [6.07, 6.45) is 0.895. The van der Waals surface area contributed by atoms with Gasteiger partial charge in [0.1, 0.15) is 28.9 Å². The summed E-state index contributed by atoms with van der Waals surface area (Å²) in [7, 11) is 3.96. The van der Waals surface area contributed by atoms with Crippen LogP contribution in [0.4, 0.5) is 10.6 Å². The van der Waals surface area contributed by atoms with Crippen molar-refractivity contribution in [3.8, 4) is 0 Å². The highest BCUT2D eigenvalue weighted by Gasteiger charge is 2.46. The number of nitrogens with zero attached hydrogens (tertiary/aromatic N) is 5. The zero-order chi connectivity index (χ0) is 24.7. The Kier molecular flexibility index (Phi) is 6.06. The molecule has 1 N–H and O–H groups in total. The number of aliphatic imine (C=N–C) groups is 1. The summed E-state index contributed by atoms with van der Waals surface area (Å²) in [6, 6.07) is 12.0. The van der Waals surface area contributed by atoms with Crippen LogP contribution in [0.1, 0.15) is 30.4 Å². The van der Waals surface area contributed by atoms with Gasteiger partial charge in [-0.3, -0.25) is 9.89 Å². The van der Waals surface area contributed by atoms with Gasteiger partial charge in [-0.2, -0.15) is 0 Å². The summed E-state index contributed by atoms with van der Waals surface area (Å²) < 4.78 is 6.09. The molecule has 35 heavy (non-hydrogen) atoms. The van der Waals surface area contributed by atoms with Gasteiger partial charge in [0.05, 0.1) is 24.0 Å². The molecule has 1 atom stereocenters. The Morgan fingerprint density at radius 2 is 2.03 bits per heavy atom. The van der Waals surface area contributed by atoms with Crippen molar-refractivity contribution in [2.75, 3.05) is 39.0 Å². The average Bonchev–Trinajstić information content (AvgIpc) is 3.47. The van der Waals surface area contributed by atoms with Crippen molar-refractivity contribution < 1.29 is 9.53 Å². The number of nitrogens with one attached hydrogen (secondary N) is 1. The zero-order valence-corrected chi connectivity index (χ0v) is 21.5. The Hall–Kier alpha value is -3.30. The van der Waals surface area contributed by atoms with E-state index >= 15 is 0 Å². The lowest BCUT2D eigenvalue weighted by molar-refractivity contribution is 0.0383. The minimum atomic E-state index is -0.501. The number of hydrogen-bond acceptors (Lipinski definition) is 8. The Balaban J connectivity index is 1.35. The third kappa shape index (κ3) is 4.41. The summed E-state index contributed by atoms with van der Waals surface area (Å²) in [6.45, 7) is 7.77. The first-order valence-corrected chi connectivity index (χ1v) is 12.5. The molecule has 0 spiro atoms. The summed E-state index contributed by atoms with van der Waals surface area (Å²) in [5, 5.41) is 4.40. The molecule has 2 aliphatic heterocycles. The van der Waals surface area contributed by atoms with E-state index < -0.39 is 5.54 Å². The summed E-state index contributed by atoms with van der Waals surface area (Å²) >= 11 is 1.64. The third-order valence-corrected chi connectivity index (χ3v) is 7.59. The highest BCUT2D eigenvalue weighted by Crippen LogP contribution is 2.39. The first kappa shape index (κ1) is 23.4. The standard InChI is InChI=1S/C26H30N6O2S/c1-16-11-18-22(28-15-29-24(18)35-16)30-23-19-13-32(26(2,3)20(19)12-27-23)25(33)34-21(14-31(4)5)17-9-7-6-8-10-17/h6-11,15,21H,12-14H2,1-5H3,(H,27,28,29,30)/t21-/m1/s1. The number of carbonyl (C=O) groups excluding carboxylic acids is 1. The summed E-state index contributed by atoms with van der Waals surface area (Å²) in [5.41, 5.74) is 2.65. The van der Waals surface area contributed by atoms with Crippen molar-refractivity contribution in [2.24, 2.45) is 4.99 Å². The fourth-order valence-electron chi connectivity index (χ4n) is 4.73. The summed E-state index contributed by atoms with van der Waals surface area (Å²) in [5.74, 6) is 1.50. The lowest BCUT2D eigenvalue weighted by atomic mass is 9.94. The molecule has 0 saturated heterocycles. The first-order chi connectivity index (χ1) is 16.7. The number of aromatic nitrogens is 2. The number of hydrogen-bond donors (Lipinski definition) is 1. The number of benzene rings is 1. The van der Waals surface area contributed by atoms with E-state index in [4.69, 9.17) is 9.73 Å². The van der Waals surface area contributed by atoms with Crippen LogP contribution in [0.3, 0.4) is 0 Å². The predicted octanol–water partition coefficient (Wildman–Crippen LogP) is 4.65. The molecule has 0 aliphatic carbocycles. The molecule has 9 heteroatoms. The number of thiophene rings is 1. The van der Waals surface area contributed by atoms with Crippen LogP contribution in [0.15, 0.2) is 58.9 Å². The van der Waals surface area contributed by atoms with Gasteiger partial charge >= 0.3 is 6.09 Å². The lowest BCUT2D eigenvalue weighted by Gasteiger charge is -2.35. The maximum absolute atomic E-state index is 13.5. The van der Waals surface area contributed by atoms with E-state index in [0.29, 0.717) is 19.6 Å². The molecular formula is C26H30N6O2S. The number of likely N-dealkylation sites (N-methyl/N-ethyl adjacent to an activating group) is 1. The number of amidine groups is 1. The van der Waals surface area contributed by atoms with E-state index in [9.17, 15) is 4.79 Å². The number of aryl methyl sites for hydroxylation is 1. The first-order valence-electron chi connectivity index (χ1n) is 11.7. The number of carbonyl (C=O) groups is 1. The number of amides is 1. The van der Waals surface area contributed by atoms with Crippen molar-refractivity contribution in [3.05, 3.63) is 64.3 Å². The van der Waals surface area contributed by atoms with Crippen LogP contribution in [-0.2, 0) is 4.74 Å². The smallest absolute Gasteiger partial charge is 0.411 e. The van der Waals surface area contributed by atoms with Crippen LogP contribution in [0.5, 0.6) is 0 Å². The van der Waals surface area contributed by atoms with E-state index in [1.54, 1.807) is 17.7 Å². The van der Waals surface area contributed by atoms with Crippen molar-refractivity contribution in [3.63, 3.8) is 0 Å². The Labute approximate surface area is 209 Å². The fraction of sp³-hybridized carbons (Fsp3) is 0.385. The molecule has 4 heterocycles. The van der Waals surface area contributed by atoms with Crippen molar-refractivity contribution in [1.82, 2.24) is 19.8 Å². The third-order valence-electron chi connectivity index (χ3n) is 6.63. The molecule has 1 amide bonds. The van der Waals surface area contributed by atoms with Crippen molar-refractivity contribution in [2.45, 2.75) is 32.4 Å². The quantitative estimate of drug-likeness (QED) is 0.560. The number of fused-ring (bicyclic) bond motifs is 1. The SMILES string of the molecule is Cc1cc2c(NC3=NCC4=C3CN(C(=O)O[C@H](CN(C)C)c3ccccc3)C4(C)C)ncnc2s1. The van der Waals surface area contributed by atoms with Gasteiger partial charge in [-0.1, -0.05) is 30.3 Å².